The molecule has 2 aromatic carbocycles. The van der Waals surface area contributed by atoms with Gasteiger partial charge in [-0.15, -0.1) is 0 Å². The van der Waals surface area contributed by atoms with Gasteiger partial charge in [0.2, 0.25) is 5.91 Å². The molecule has 130 valence electrons. The lowest BCUT2D eigenvalue weighted by Crippen LogP contribution is -2.47. The van der Waals surface area contributed by atoms with Gasteiger partial charge in [0.1, 0.15) is 0 Å². The fourth-order valence-electron chi connectivity index (χ4n) is 3.25. The number of nitrogens with one attached hydrogen (secondary N) is 1. The Hall–Kier alpha value is -2.62. The van der Waals surface area contributed by atoms with Crippen LogP contribution in [-0.4, -0.2) is 35.8 Å². The van der Waals surface area contributed by atoms with Gasteiger partial charge in [0.05, 0.1) is 6.42 Å². The normalized spacial score (nSPS) is 15.0. The lowest BCUT2D eigenvalue weighted by Gasteiger charge is -2.32. The largest absolute Gasteiger partial charge is 0.349 e. The van der Waals surface area contributed by atoms with Gasteiger partial charge in [-0.2, -0.15) is 0 Å². The van der Waals surface area contributed by atoms with Gasteiger partial charge < -0.3 is 10.2 Å². The maximum atomic E-state index is 12.4. The van der Waals surface area contributed by atoms with Crippen molar-refractivity contribution < 1.29 is 9.59 Å². The van der Waals surface area contributed by atoms with Gasteiger partial charge in [-0.1, -0.05) is 48.5 Å². The van der Waals surface area contributed by atoms with E-state index in [4.69, 9.17) is 0 Å². The highest BCUT2D eigenvalue weighted by molar-refractivity contribution is 5.95. The zero-order chi connectivity index (χ0) is 17.6. The second-order valence-electron chi connectivity index (χ2n) is 6.61. The maximum absolute atomic E-state index is 12.4. The number of amides is 2. The summed E-state index contributed by atoms with van der Waals surface area (Å²) in [7, 11) is 0. The Labute approximate surface area is 148 Å². The van der Waals surface area contributed by atoms with Gasteiger partial charge in [0.25, 0.3) is 5.91 Å². The van der Waals surface area contributed by atoms with E-state index in [2.05, 4.69) is 5.32 Å². The predicted molar refractivity (Wildman–Crippen MR) is 98.4 cm³/mol. The summed E-state index contributed by atoms with van der Waals surface area (Å²) in [5.41, 5.74) is 2.75. The average Bonchev–Trinajstić information content (AvgIpc) is 2.63. The van der Waals surface area contributed by atoms with Crippen LogP contribution in [0.1, 0.15) is 34.3 Å². The second kappa shape index (κ2) is 7.97. The van der Waals surface area contributed by atoms with Crippen molar-refractivity contribution in [1.82, 2.24) is 10.2 Å². The van der Waals surface area contributed by atoms with Crippen LogP contribution in [0.3, 0.4) is 0 Å². The Bertz CT molecular complexity index is 735. The van der Waals surface area contributed by atoms with Crippen LogP contribution in [0.2, 0.25) is 0 Å². The first kappa shape index (κ1) is 17.2. The first-order valence-corrected chi connectivity index (χ1v) is 8.81. The molecule has 0 radical (unpaired) electrons. The lowest BCUT2D eigenvalue weighted by atomic mass is 10.0. The van der Waals surface area contributed by atoms with Crippen LogP contribution in [0.4, 0.5) is 0 Å². The fourth-order valence-corrected chi connectivity index (χ4v) is 3.25. The molecule has 0 unspecified atom stereocenters. The van der Waals surface area contributed by atoms with Crippen LogP contribution in [0.5, 0.6) is 0 Å². The zero-order valence-corrected chi connectivity index (χ0v) is 14.6. The van der Waals surface area contributed by atoms with Crippen LogP contribution in [-0.2, 0) is 11.2 Å². The van der Waals surface area contributed by atoms with Crippen molar-refractivity contribution in [1.29, 1.82) is 0 Å². The highest BCUT2D eigenvalue weighted by atomic mass is 16.2. The molecule has 4 nitrogen and oxygen atoms in total. The molecule has 0 bridgehead atoms. The monoisotopic (exact) mass is 336 g/mol. The number of rotatable bonds is 4. The molecule has 1 fully saturated rings. The topological polar surface area (TPSA) is 49.4 Å². The molecule has 1 heterocycles. The highest BCUT2D eigenvalue weighted by Crippen LogP contribution is 2.14. The molecule has 0 aromatic heterocycles. The van der Waals surface area contributed by atoms with Crippen molar-refractivity contribution >= 4 is 11.8 Å². The standard InChI is InChI=1S/C21H24N2O2/c1-16-7-5-6-10-19(16)21(25)22-18-11-13-23(14-12-18)20(24)15-17-8-3-2-4-9-17/h2-10,18H,11-15H2,1H3,(H,22,25). The van der Waals surface area contributed by atoms with Crippen molar-refractivity contribution in [2.24, 2.45) is 0 Å². The highest BCUT2D eigenvalue weighted by Gasteiger charge is 2.24. The van der Waals surface area contributed by atoms with Crippen LogP contribution in [0.15, 0.2) is 54.6 Å². The smallest absolute Gasteiger partial charge is 0.251 e. The minimum atomic E-state index is -0.0211. The Morgan fingerprint density at radius 3 is 2.32 bits per heavy atom. The first-order chi connectivity index (χ1) is 12.1. The molecule has 0 aliphatic carbocycles. The quantitative estimate of drug-likeness (QED) is 0.933. The molecule has 2 amide bonds. The Kier molecular flexibility index (Phi) is 5.49. The van der Waals surface area contributed by atoms with E-state index < -0.39 is 0 Å². The number of likely N-dealkylation sites (tertiary alicyclic amines) is 1. The van der Waals surface area contributed by atoms with E-state index >= 15 is 0 Å². The summed E-state index contributed by atoms with van der Waals surface area (Å²) in [6.45, 7) is 3.34. The Morgan fingerprint density at radius 2 is 1.64 bits per heavy atom. The summed E-state index contributed by atoms with van der Waals surface area (Å²) in [4.78, 5) is 26.7. The van der Waals surface area contributed by atoms with E-state index in [0.717, 1.165) is 29.5 Å². The summed E-state index contributed by atoms with van der Waals surface area (Å²) < 4.78 is 0. The summed E-state index contributed by atoms with van der Waals surface area (Å²) in [6.07, 6.45) is 2.05. The SMILES string of the molecule is Cc1ccccc1C(=O)NC1CCN(C(=O)Cc2ccccc2)CC1. The molecule has 3 rings (SSSR count). The fraction of sp³-hybridized carbons (Fsp3) is 0.333. The third-order valence-corrected chi connectivity index (χ3v) is 4.77. The number of piperidine rings is 1. The van der Waals surface area contributed by atoms with Gasteiger partial charge >= 0.3 is 0 Å². The third-order valence-electron chi connectivity index (χ3n) is 4.77. The molecule has 0 saturated carbocycles. The minimum absolute atomic E-state index is 0.0211. The Morgan fingerprint density at radius 1 is 1.00 bits per heavy atom. The van der Waals surface area contributed by atoms with Crippen LogP contribution in [0.25, 0.3) is 0 Å². The minimum Gasteiger partial charge on any atom is -0.349 e. The summed E-state index contributed by atoms with van der Waals surface area (Å²) in [5.74, 6) is 0.141. The average molecular weight is 336 g/mol. The van der Waals surface area contributed by atoms with Crippen molar-refractivity contribution in [3.63, 3.8) is 0 Å². The molecule has 1 aliphatic rings. The number of benzene rings is 2. The van der Waals surface area contributed by atoms with E-state index in [1.165, 1.54) is 0 Å². The number of hydrogen-bond acceptors (Lipinski definition) is 2. The van der Waals surface area contributed by atoms with Gasteiger partial charge in [0.15, 0.2) is 0 Å². The van der Waals surface area contributed by atoms with Crippen molar-refractivity contribution in [2.75, 3.05) is 13.1 Å². The van der Waals surface area contributed by atoms with E-state index in [1.807, 2.05) is 66.4 Å². The van der Waals surface area contributed by atoms with E-state index in [0.29, 0.717) is 19.5 Å². The van der Waals surface area contributed by atoms with Crippen molar-refractivity contribution in [3.8, 4) is 0 Å². The summed E-state index contributed by atoms with van der Waals surface area (Å²) in [6, 6.07) is 17.6. The molecular formula is C21H24N2O2. The van der Waals surface area contributed by atoms with Gasteiger partial charge in [-0.3, -0.25) is 9.59 Å². The van der Waals surface area contributed by atoms with Gasteiger partial charge in [0, 0.05) is 24.7 Å². The molecular weight excluding hydrogens is 312 g/mol. The number of carbonyl (C=O) groups is 2. The molecule has 1 saturated heterocycles. The van der Waals surface area contributed by atoms with E-state index in [1.54, 1.807) is 0 Å². The number of nitrogens with zero attached hydrogens (tertiary/aromatic N) is 1. The zero-order valence-electron chi connectivity index (χ0n) is 14.6. The van der Waals surface area contributed by atoms with Crippen LogP contribution >= 0.6 is 0 Å². The van der Waals surface area contributed by atoms with Gasteiger partial charge in [-0.25, -0.2) is 0 Å². The van der Waals surface area contributed by atoms with Crippen LogP contribution in [0, 0.1) is 6.92 Å². The Balaban J connectivity index is 1.49. The molecule has 1 N–H and O–H groups in total. The maximum Gasteiger partial charge on any atom is 0.251 e. The third kappa shape index (κ3) is 4.47. The summed E-state index contributed by atoms with van der Waals surface area (Å²) in [5, 5.41) is 3.11. The van der Waals surface area contributed by atoms with E-state index in [-0.39, 0.29) is 17.9 Å². The lowest BCUT2D eigenvalue weighted by molar-refractivity contribution is -0.131. The predicted octanol–water partition coefficient (Wildman–Crippen LogP) is 2.96. The van der Waals surface area contributed by atoms with Crippen molar-refractivity contribution in [3.05, 3.63) is 71.3 Å². The number of hydrogen-bond donors (Lipinski definition) is 1. The van der Waals surface area contributed by atoms with E-state index in [9.17, 15) is 9.59 Å². The molecule has 0 spiro atoms. The molecule has 2 aromatic rings. The summed E-state index contributed by atoms with van der Waals surface area (Å²) >= 11 is 0. The molecule has 25 heavy (non-hydrogen) atoms. The number of aryl methyl sites for hydroxylation is 1. The molecule has 4 heteroatoms. The van der Waals surface area contributed by atoms with Crippen LogP contribution < -0.4 is 5.32 Å². The molecule has 0 atom stereocenters. The first-order valence-electron chi connectivity index (χ1n) is 8.81. The molecule has 1 aliphatic heterocycles. The second-order valence-corrected chi connectivity index (χ2v) is 6.61. The number of carbonyl (C=O) groups excluding carboxylic acids is 2. The van der Waals surface area contributed by atoms with Gasteiger partial charge in [-0.05, 0) is 37.0 Å². The van der Waals surface area contributed by atoms with Crippen molar-refractivity contribution in [2.45, 2.75) is 32.2 Å².